The Balaban J connectivity index is 1.67. The van der Waals surface area contributed by atoms with Crippen LogP contribution in [0.3, 0.4) is 0 Å². The monoisotopic (exact) mass is 460 g/mol. The number of urea groups is 1. The fraction of sp³-hybridized carbons (Fsp3) is 0.115. The number of benzene rings is 3. The van der Waals surface area contributed by atoms with Gasteiger partial charge in [0.1, 0.15) is 22.9 Å². The standard InChI is InChI=1S/C26H21FN2O5/c1-2-34-23-14-16(7-8-18(23)15-17-5-3-4-6-22(17)27)13-21-24(31)28-26(33)29(25(21)32)19-9-11-20(30)12-10-19/h3-14,30H,2,15H2,1H3,(H,28,31,33)/b21-13+. The van der Waals surface area contributed by atoms with E-state index in [4.69, 9.17) is 4.74 Å². The molecule has 0 radical (unpaired) electrons. The summed E-state index contributed by atoms with van der Waals surface area (Å²) in [6.07, 6.45) is 1.67. The molecular weight excluding hydrogens is 439 g/mol. The highest BCUT2D eigenvalue weighted by atomic mass is 19.1. The maximum Gasteiger partial charge on any atom is 0.335 e. The largest absolute Gasteiger partial charge is 0.508 e. The van der Waals surface area contributed by atoms with Gasteiger partial charge >= 0.3 is 6.03 Å². The van der Waals surface area contributed by atoms with E-state index < -0.39 is 17.8 Å². The molecule has 0 bridgehead atoms. The highest BCUT2D eigenvalue weighted by molar-refractivity contribution is 6.39. The SMILES string of the molecule is CCOc1cc(/C=C2\C(=O)NC(=O)N(c3ccc(O)cc3)C2=O)ccc1Cc1ccccc1F. The number of hydrogen-bond acceptors (Lipinski definition) is 5. The van der Waals surface area contributed by atoms with Crippen molar-refractivity contribution in [1.29, 1.82) is 0 Å². The number of hydrogen-bond donors (Lipinski definition) is 2. The average molecular weight is 460 g/mol. The van der Waals surface area contributed by atoms with Crippen molar-refractivity contribution in [2.24, 2.45) is 0 Å². The molecule has 1 fully saturated rings. The number of carbonyl (C=O) groups is 3. The third-order valence-electron chi connectivity index (χ3n) is 5.25. The Hall–Kier alpha value is -4.46. The number of aromatic hydroxyl groups is 1. The summed E-state index contributed by atoms with van der Waals surface area (Å²) < 4.78 is 19.8. The number of phenols is 1. The number of anilines is 1. The maximum atomic E-state index is 14.1. The molecule has 3 aromatic rings. The topological polar surface area (TPSA) is 95.9 Å². The van der Waals surface area contributed by atoms with Gasteiger partial charge in [-0.2, -0.15) is 0 Å². The van der Waals surface area contributed by atoms with Crippen molar-refractivity contribution in [2.45, 2.75) is 13.3 Å². The molecule has 0 aromatic heterocycles. The van der Waals surface area contributed by atoms with Gasteiger partial charge in [-0.05, 0) is 66.1 Å². The number of halogens is 1. The molecule has 0 atom stereocenters. The van der Waals surface area contributed by atoms with Gasteiger partial charge in [-0.25, -0.2) is 14.1 Å². The van der Waals surface area contributed by atoms with Gasteiger partial charge < -0.3 is 9.84 Å². The van der Waals surface area contributed by atoms with Gasteiger partial charge in [-0.15, -0.1) is 0 Å². The van der Waals surface area contributed by atoms with E-state index in [1.54, 1.807) is 36.4 Å². The van der Waals surface area contributed by atoms with Gasteiger partial charge in [0, 0.05) is 6.42 Å². The molecule has 0 spiro atoms. The van der Waals surface area contributed by atoms with E-state index in [0.29, 0.717) is 29.9 Å². The van der Waals surface area contributed by atoms with Gasteiger partial charge in [-0.1, -0.05) is 30.3 Å². The minimum absolute atomic E-state index is 0.0283. The Morgan fingerprint density at radius 3 is 2.44 bits per heavy atom. The molecule has 1 saturated heterocycles. The van der Waals surface area contributed by atoms with E-state index in [1.807, 2.05) is 6.92 Å². The van der Waals surface area contributed by atoms with Crippen LogP contribution < -0.4 is 15.0 Å². The first-order chi connectivity index (χ1) is 16.4. The van der Waals surface area contributed by atoms with Crippen LogP contribution in [0.25, 0.3) is 6.08 Å². The summed E-state index contributed by atoms with van der Waals surface area (Å²) in [5.41, 5.74) is 1.72. The summed E-state index contributed by atoms with van der Waals surface area (Å²) in [5.74, 6) is -1.47. The van der Waals surface area contributed by atoms with Gasteiger partial charge in [-0.3, -0.25) is 14.9 Å². The Kier molecular flexibility index (Phi) is 6.40. The highest BCUT2D eigenvalue weighted by Gasteiger charge is 2.36. The summed E-state index contributed by atoms with van der Waals surface area (Å²) in [5, 5.41) is 11.6. The Labute approximate surface area is 195 Å². The van der Waals surface area contributed by atoms with Gasteiger partial charge in [0.05, 0.1) is 12.3 Å². The third-order valence-corrected chi connectivity index (χ3v) is 5.25. The normalized spacial score (nSPS) is 14.9. The lowest BCUT2D eigenvalue weighted by Gasteiger charge is -2.26. The van der Waals surface area contributed by atoms with E-state index in [1.165, 1.54) is 36.4 Å². The van der Waals surface area contributed by atoms with Gasteiger partial charge in [0.25, 0.3) is 11.8 Å². The second-order valence-corrected chi connectivity index (χ2v) is 7.54. The Bertz CT molecular complexity index is 1300. The van der Waals surface area contributed by atoms with Gasteiger partial charge in [0.2, 0.25) is 0 Å². The zero-order valence-corrected chi connectivity index (χ0v) is 18.2. The van der Waals surface area contributed by atoms with Crippen LogP contribution in [0.2, 0.25) is 0 Å². The molecule has 0 aliphatic carbocycles. The molecule has 4 rings (SSSR count). The number of barbiturate groups is 1. The predicted octanol–water partition coefficient (Wildman–Crippen LogP) is 4.19. The summed E-state index contributed by atoms with van der Waals surface area (Å²) >= 11 is 0. The molecule has 172 valence electrons. The van der Waals surface area contributed by atoms with E-state index in [9.17, 15) is 23.9 Å². The fourth-order valence-corrected chi connectivity index (χ4v) is 3.60. The summed E-state index contributed by atoms with van der Waals surface area (Å²) in [7, 11) is 0. The zero-order valence-electron chi connectivity index (χ0n) is 18.2. The van der Waals surface area contributed by atoms with Crippen molar-refractivity contribution >= 4 is 29.6 Å². The van der Waals surface area contributed by atoms with E-state index in [0.717, 1.165) is 10.5 Å². The van der Waals surface area contributed by atoms with Crippen molar-refractivity contribution in [3.63, 3.8) is 0 Å². The minimum Gasteiger partial charge on any atom is -0.508 e. The number of nitrogens with one attached hydrogen (secondary N) is 1. The molecule has 2 N–H and O–H groups in total. The van der Waals surface area contributed by atoms with Crippen LogP contribution in [0, 0.1) is 5.82 Å². The minimum atomic E-state index is -0.881. The lowest BCUT2D eigenvalue weighted by Crippen LogP contribution is -2.54. The van der Waals surface area contributed by atoms with Crippen molar-refractivity contribution in [3.8, 4) is 11.5 Å². The molecular formula is C26H21FN2O5. The second-order valence-electron chi connectivity index (χ2n) is 7.54. The van der Waals surface area contributed by atoms with Crippen molar-refractivity contribution in [2.75, 3.05) is 11.5 Å². The van der Waals surface area contributed by atoms with E-state index in [-0.39, 0.29) is 22.8 Å². The number of phenolic OH excluding ortho intramolecular Hbond substituents is 1. The van der Waals surface area contributed by atoms with Crippen LogP contribution in [-0.4, -0.2) is 29.6 Å². The maximum absolute atomic E-state index is 14.1. The summed E-state index contributed by atoms with van der Waals surface area (Å²) in [6.45, 7) is 2.18. The smallest absolute Gasteiger partial charge is 0.335 e. The molecule has 8 heteroatoms. The van der Waals surface area contributed by atoms with Crippen LogP contribution in [0.4, 0.5) is 14.9 Å². The molecule has 4 amide bonds. The molecule has 1 aliphatic rings. The number of rotatable bonds is 6. The quantitative estimate of drug-likeness (QED) is 0.425. The van der Waals surface area contributed by atoms with E-state index in [2.05, 4.69) is 5.32 Å². The molecule has 0 saturated carbocycles. The predicted molar refractivity (Wildman–Crippen MR) is 124 cm³/mol. The lowest BCUT2D eigenvalue weighted by molar-refractivity contribution is -0.122. The molecule has 3 aromatic carbocycles. The van der Waals surface area contributed by atoms with Crippen LogP contribution in [0.5, 0.6) is 11.5 Å². The first kappa shape index (κ1) is 22.7. The van der Waals surface area contributed by atoms with Crippen molar-refractivity contribution in [3.05, 3.63) is 94.8 Å². The first-order valence-electron chi connectivity index (χ1n) is 10.6. The van der Waals surface area contributed by atoms with Crippen LogP contribution in [0.15, 0.2) is 72.3 Å². The van der Waals surface area contributed by atoms with E-state index >= 15 is 0 Å². The van der Waals surface area contributed by atoms with Crippen LogP contribution >= 0.6 is 0 Å². The summed E-state index contributed by atoms with van der Waals surface area (Å²) in [4.78, 5) is 38.6. The van der Waals surface area contributed by atoms with Crippen molar-refractivity contribution in [1.82, 2.24) is 5.32 Å². The highest BCUT2D eigenvalue weighted by Crippen LogP contribution is 2.28. The van der Waals surface area contributed by atoms with Crippen LogP contribution in [-0.2, 0) is 16.0 Å². The number of ether oxygens (including phenoxy) is 1. The molecule has 34 heavy (non-hydrogen) atoms. The fourth-order valence-electron chi connectivity index (χ4n) is 3.60. The molecule has 0 unspecified atom stereocenters. The number of amides is 4. The summed E-state index contributed by atoms with van der Waals surface area (Å²) in [6, 6.07) is 16.1. The Morgan fingerprint density at radius 1 is 1.00 bits per heavy atom. The lowest BCUT2D eigenvalue weighted by atomic mass is 10.00. The number of imide groups is 2. The van der Waals surface area contributed by atoms with Crippen molar-refractivity contribution < 1.29 is 28.6 Å². The zero-order chi connectivity index (χ0) is 24.2. The van der Waals surface area contributed by atoms with Gasteiger partial charge in [0.15, 0.2) is 0 Å². The second kappa shape index (κ2) is 9.58. The number of carbonyl (C=O) groups excluding carboxylic acids is 3. The average Bonchev–Trinajstić information content (AvgIpc) is 2.81. The molecule has 1 aliphatic heterocycles. The molecule has 1 heterocycles. The van der Waals surface area contributed by atoms with Crippen LogP contribution in [0.1, 0.15) is 23.6 Å². The first-order valence-corrected chi connectivity index (χ1v) is 10.6. The Morgan fingerprint density at radius 2 is 1.74 bits per heavy atom. The molecule has 7 nitrogen and oxygen atoms in total. The third kappa shape index (κ3) is 4.66. The number of nitrogens with zero attached hydrogens (tertiary/aromatic N) is 1.